The number of nitrogens with zero attached hydrogens (tertiary/aromatic N) is 1. The number of carbonyl (C=O) groups is 1. The minimum absolute atomic E-state index is 0.262. The maximum absolute atomic E-state index is 13.9. The smallest absolute Gasteiger partial charge is 0.236 e. The van der Waals surface area contributed by atoms with Gasteiger partial charge in [-0.2, -0.15) is 0 Å². The van der Waals surface area contributed by atoms with Crippen LogP contribution in [-0.4, -0.2) is 30.5 Å². The Morgan fingerprint density at radius 3 is 2.56 bits per heavy atom. The summed E-state index contributed by atoms with van der Waals surface area (Å²) in [5, 5.41) is 6.72. The zero-order chi connectivity index (χ0) is 25.4. The van der Waals surface area contributed by atoms with E-state index in [-0.39, 0.29) is 11.7 Å². The molecule has 0 aliphatic carbocycles. The van der Waals surface area contributed by atoms with Crippen LogP contribution in [-0.2, 0) is 4.79 Å². The lowest BCUT2D eigenvalue weighted by molar-refractivity contribution is -0.130. The van der Waals surface area contributed by atoms with Crippen LogP contribution in [0.5, 0.6) is 17.2 Å². The van der Waals surface area contributed by atoms with Crippen LogP contribution < -0.4 is 29.7 Å². The lowest BCUT2D eigenvalue weighted by Crippen LogP contribution is -2.72. The zero-order valence-electron chi connectivity index (χ0n) is 20.1. The van der Waals surface area contributed by atoms with Crippen molar-refractivity contribution in [2.75, 3.05) is 23.9 Å². The van der Waals surface area contributed by atoms with Crippen LogP contribution in [0.4, 0.5) is 15.8 Å². The van der Waals surface area contributed by atoms with Crippen LogP contribution in [0.15, 0.2) is 66.7 Å². The molecule has 1 amide bonds. The van der Waals surface area contributed by atoms with E-state index in [2.05, 4.69) is 10.6 Å². The quantitative estimate of drug-likeness (QED) is 0.454. The van der Waals surface area contributed by atoms with Crippen LogP contribution in [0.1, 0.15) is 25.5 Å². The summed E-state index contributed by atoms with van der Waals surface area (Å²) >= 11 is 5.74. The molecule has 3 atom stereocenters. The number of hydrogen-bond acceptors (Lipinski definition) is 5. The number of methoxy groups -OCH3 is 1. The Morgan fingerprint density at radius 2 is 1.89 bits per heavy atom. The van der Waals surface area contributed by atoms with Gasteiger partial charge < -0.3 is 24.8 Å². The van der Waals surface area contributed by atoms with Crippen molar-refractivity contribution >= 4 is 34.6 Å². The summed E-state index contributed by atoms with van der Waals surface area (Å²) in [7, 11) is 1.58. The molecule has 7 nitrogen and oxygen atoms in total. The number of benzene rings is 3. The van der Waals surface area contributed by atoms with Crippen molar-refractivity contribution in [3.05, 3.63) is 78.1 Å². The van der Waals surface area contributed by atoms with Crippen molar-refractivity contribution < 1.29 is 23.4 Å². The van der Waals surface area contributed by atoms with Gasteiger partial charge in [0.15, 0.2) is 22.3 Å². The fraction of sp³-hybridized carbons (Fsp3) is 0.259. The fourth-order valence-corrected chi connectivity index (χ4v) is 5.33. The maximum atomic E-state index is 13.9. The number of thiocarbonyl (C=S) groups is 1. The summed E-state index contributed by atoms with van der Waals surface area (Å²) < 4.78 is 31.5. The van der Waals surface area contributed by atoms with E-state index in [4.69, 9.17) is 26.4 Å². The van der Waals surface area contributed by atoms with Gasteiger partial charge in [-0.1, -0.05) is 12.1 Å². The first kappa shape index (κ1) is 23.9. The second kappa shape index (κ2) is 9.31. The molecule has 1 saturated heterocycles. The molecule has 36 heavy (non-hydrogen) atoms. The standard InChI is InChI=1S/C27H26FN3O4S/c1-4-34-21-7-5-6-20-23-22(25(32)29-17-10-14-19(33-3)15-11-17)27(2,35-24(20)21)31(26(36)30-23)18-12-8-16(28)9-13-18/h5-15,22-23H,4H2,1-3H3,(H,29,32)(H,30,36)/t22-,23+,27+/m0/s1. The molecule has 0 unspecified atom stereocenters. The monoisotopic (exact) mass is 507 g/mol. The summed E-state index contributed by atoms with van der Waals surface area (Å²) in [6.45, 7) is 4.17. The first-order valence-electron chi connectivity index (χ1n) is 11.6. The van der Waals surface area contributed by atoms with E-state index in [1.807, 2.05) is 32.0 Å². The summed E-state index contributed by atoms with van der Waals surface area (Å²) in [4.78, 5) is 15.6. The second-order valence-corrected chi connectivity index (χ2v) is 9.09. The lowest BCUT2D eigenvalue weighted by atomic mass is 9.78. The van der Waals surface area contributed by atoms with Gasteiger partial charge in [0.05, 0.1) is 19.8 Å². The van der Waals surface area contributed by atoms with Crippen LogP contribution in [0, 0.1) is 11.7 Å². The molecule has 2 aliphatic heterocycles. The van der Waals surface area contributed by atoms with Crippen molar-refractivity contribution in [1.82, 2.24) is 5.32 Å². The Kier molecular flexibility index (Phi) is 6.17. The van der Waals surface area contributed by atoms with Crippen molar-refractivity contribution in [2.24, 2.45) is 5.92 Å². The third kappa shape index (κ3) is 3.99. The topological polar surface area (TPSA) is 72.1 Å². The van der Waals surface area contributed by atoms with Gasteiger partial charge >= 0.3 is 0 Å². The van der Waals surface area contributed by atoms with Crippen molar-refractivity contribution in [3.63, 3.8) is 0 Å². The van der Waals surface area contributed by atoms with E-state index in [1.54, 1.807) is 48.4 Å². The van der Waals surface area contributed by atoms with Gasteiger partial charge in [0.1, 0.15) is 17.5 Å². The Balaban J connectivity index is 1.61. The highest BCUT2D eigenvalue weighted by atomic mass is 32.1. The van der Waals surface area contributed by atoms with Crippen LogP contribution in [0.2, 0.25) is 0 Å². The molecular weight excluding hydrogens is 481 g/mol. The number of ether oxygens (including phenoxy) is 3. The first-order chi connectivity index (χ1) is 17.4. The van der Waals surface area contributed by atoms with Gasteiger partial charge in [0, 0.05) is 16.9 Å². The molecule has 5 rings (SSSR count). The molecule has 2 N–H and O–H groups in total. The molecular formula is C27H26FN3O4S. The van der Waals surface area contributed by atoms with E-state index in [0.717, 1.165) is 5.56 Å². The summed E-state index contributed by atoms with van der Waals surface area (Å²) in [6, 6.07) is 18.1. The highest BCUT2D eigenvalue weighted by molar-refractivity contribution is 7.80. The molecule has 2 heterocycles. The average Bonchev–Trinajstić information content (AvgIpc) is 2.86. The highest BCUT2D eigenvalue weighted by Gasteiger charge is 2.59. The Labute approximate surface area is 214 Å². The van der Waals surface area contributed by atoms with E-state index in [1.165, 1.54) is 12.1 Å². The van der Waals surface area contributed by atoms with Crippen molar-refractivity contribution in [3.8, 4) is 17.2 Å². The van der Waals surface area contributed by atoms with Gasteiger partial charge in [0.2, 0.25) is 5.91 Å². The van der Waals surface area contributed by atoms with Crippen LogP contribution in [0.25, 0.3) is 0 Å². The number of carbonyl (C=O) groups excluding carboxylic acids is 1. The van der Waals surface area contributed by atoms with E-state index >= 15 is 0 Å². The molecule has 3 aromatic rings. The minimum Gasteiger partial charge on any atom is -0.497 e. The van der Waals surface area contributed by atoms with Gasteiger partial charge in [0.25, 0.3) is 0 Å². The number of hydrogen-bond donors (Lipinski definition) is 2. The lowest BCUT2D eigenvalue weighted by Gasteiger charge is -2.56. The third-order valence-corrected chi connectivity index (χ3v) is 6.81. The summed E-state index contributed by atoms with van der Waals surface area (Å²) in [5.41, 5.74) is 0.734. The van der Waals surface area contributed by atoms with Gasteiger partial charge in [-0.25, -0.2) is 4.39 Å². The van der Waals surface area contributed by atoms with Crippen molar-refractivity contribution in [1.29, 1.82) is 0 Å². The van der Waals surface area contributed by atoms with Crippen molar-refractivity contribution in [2.45, 2.75) is 25.6 Å². The largest absolute Gasteiger partial charge is 0.497 e. The second-order valence-electron chi connectivity index (χ2n) is 8.70. The maximum Gasteiger partial charge on any atom is 0.236 e. The molecule has 0 saturated carbocycles. The van der Waals surface area contributed by atoms with E-state index in [0.29, 0.717) is 40.3 Å². The predicted molar refractivity (Wildman–Crippen MR) is 139 cm³/mol. The average molecular weight is 508 g/mol. The number of amides is 1. The number of halogens is 1. The fourth-order valence-electron chi connectivity index (χ4n) is 4.91. The summed E-state index contributed by atoms with van der Waals surface area (Å²) in [5.74, 6) is 0.434. The number of fused-ring (bicyclic) bond motifs is 4. The Morgan fingerprint density at radius 1 is 1.17 bits per heavy atom. The number of anilines is 2. The van der Waals surface area contributed by atoms with Crippen LogP contribution in [0.3, 0.4) is 0 Å². The van der Waals surface area contributed by atoms with Gasteiger partial charge in [-0.15, -0.1) is 0 Å². The van der Waals surface area contributed by atoms with E-state index < -0.39 is 17.7 Å². The molecule has 1 fully saturated rings. The Hall–Kier alpha value is -3.85. The van der Waals surface area contributed by atoms with E-state index in [9.17, 15) is 9.18 Å². The molecule has 0 spiro atoms. The molecule has 3 aromatic carbocycles. The predicted octanol–water partition coefficient (Wildman–Crippen LogP) is 5.03. The molecule has 0 radical (unpaired) electrons. The normalized spacial score (nSPS) is 22.1. The molecule has 2 aliphatic rings. The summed E-state index contributed by atoms with van der Waals surface area (Å²) in [6.07, 6.45) is 0. The van der Waals surface area contributed by atoms with Gasteiger partial charge in [-0.3, -0.25) is 9.69 Å². The molecule has 0 aromatic heterocycles. The molecule has 2 bridgehead atoms. The Bertz CT molecular complexity index is 1300. The number of rotatable bonds is 6. The molecule has 9 heteroatoms. The zero-order valence-corrected chi connectivity index (χ0v) is 20.9. The third-order valence-electron chi connectivity index (χ3n) is 6.51. The molecule has 186 valence electrons. The van der Waals surface area contributed by atoms with Crippen LogP contribution >= 0.6 is 12.2 Å². The SMILES string of the molecule is CCOc1cccc2c1O[C@]1(C)[C@H](C(=O)Nc3ccc(OC)cc3)[C@@H]2NC(=S)N1c1ccc(F)cc1. The number of nitrogens with one attached hydrogen (secondary N) is 2. The number of para-hydroxylation sites is 1. The first-order valence-corrected chi connectivity index (χ1v) is 12.0. The highest BCUT2D eigenvalue weighted by Crippen LogP contribution is 2.52. The minimum atomic E-state index is -1.25. The van der Waals surface area contributed by atoms with Gasteiger partial charge in [-0.05, 0) is 80.7 Å².